The Hall–Kier alpha value is -1.97. The largest absolute Gasteiger partial charge is 0.493 e. The van der Waals surface area contributed by atoms with E-state index in [0.29, 0.717) is 13.0 Å². The Balaban J connectivity index is 1.95. The summed E-state index contributed by atoms with van der Waals surface area (Å²) >= 11 is 0. The molecular formula is C21H29FN2O. The lowest BCUT2D eigenvalue weighted by Crippen LogP contribution is -2.04. The molecular weight excluding hydrogens is 315 g/mol. The lowest BCUT2D eigenvalue weighted by Gasteiger charge is -2.12. The molecule has 0 fully saturated rings. The van der Waals surface area contributed by atoms with E-state index in [4.69, 9.17) is 4.74 Å². The Morgan fingerprint density at radius 3 is 2.48 bits per heavy atom. The summed E-state index contributed by atoms with van der Waals surface area (Å²) in [6.45, 7) is 4.14. The van der Waals surface area contributed by atoms with Crippen LogP contribution >= 0.6 is 0 Å². The van der Waals surface area contributed by atoms with Crippen LogP contribution in [0.3, 0.4) is 0 Å². The predicted octanol–water partition coefficient (Wildman–Crippen LogP) is 5.78. The second-order valence-electron chi connectivity index (χ2n) is 6.47. The number of ether oxygens (including phenoxy) is 1. The van der Waals surface area contributed by atoms with Gasteiger partial charge in [-0.15, -0.1) is 0 Å². The van der Waals surface area contributed by atoms with Gasteiger partial charge in [-0.3, -0.25) is 0 Å². The van der Waals surface area contributed by atoms with Crippen molar-refractivity contribution >= 4 is 0 Å². The molecule has 0 aliphatic rings. The molecule has 1 atom stereocenters. The lowest BCUT2D eigenvalue weighted by atomic mass is 10.1. The van der Waals surface area contributed by atoms with E-state index in [9.17, 15) is 4.39 Å². The first-order valence-corrected chi connectivity index (χ1v) is 9.38. The zero-order chi connectivity index (χ0) is 17.9. The SMILES string of the molecule is CCCCCCCc1ncc(-c2ccccc2OCCC(C)F)cn1. The summed E-state index contributed by atoms with van der Waals surface area (Å²) in [5, 5.41) is 0. The van der Waals surface area contributed by atoms with Crippen molar-refractivity contribution in [3.63, 3.8) is 0 Å². The summed E-state index contributed by atoms with van der Waals surface area (Å²) < 4.78 is 18.7. The highest BCUT2D eigenvalue weighted by Gasteiger charge is 2.08. The molecule has 2 aromatic rings. The first-order valence-electron chi connectivity index (χ1n) is 9.38. The molecule has 0 aliphatic heterocycles. The fraction of sp³-hybridized carbons (Fsp3) is 0.524. The zero-order valence-corrected chi connectivity index (χ0v) is 15.4. The van der Waals surface area contributed by atoms with Crippen LogP contribution in [0.1, 0.15) is 58.2 Å². The monoisotopic (exact) mass is 344 g/mol. The second kappa shape index (κ2) is 10.8. The Morgan fingerprint density at radius 2 is 1.76 bits per heavy atom. The third-order valence-electron chi connectivity index (χ3n) is 4.18. The minimum atomic E-state index is -0.855. The molecule has 0 bridgehead atoms. The van der Waals surface area contributed by atoms with Gasteiger partial charge in [0.25, 0.3) is 0 Å². The van der Waals surface area contributed by atoms with Crippen molar-refractivity contribution in [2.24, 2.45) is 0 Å². The molecule has 1 aromatic heterocycles. The average molecular weight is 344 g/mol. The first kappa shape index (κ1) is 19.4. The van der Waals surface area contributed by atoms with E-state index in [0.717, 1.165) is 35.5 Å². The van der Waals surface area contributed by atoms with Gasteiger partial charge in [0.1, 0.15) is 17.7 Å². The van der Waals surface area contributed by atoms with Gasteiger partial charge in [-0.2, -0.15) is 0 Å². The maximum Gasteiger partial charge on any atom is 0.128 e. The summed E-state index contributed by atoms with van der Waals surface area (Å²) in [5.74, 6) is 1.64. The minimum absolute atomic E-state index is 0.366. The molecule has 0 saturated carbocycles. The number of hydrogen-bond acceptors (Lipinski definition) is 3. The van der Waals surface area contributed by atoms with Gasteiger partial charge in [0.2, 0.25) is 0 Å². The third kappa shape index (κ3) is 6.81. The molecule has 136 valence electrons. The van der Waals surface area contributed by atoms with Crippen LogP contribution in [0.5, 0.6) is 5.75 Å². The molecule has 0 spiro atoms. The molecule has 1 aromatic carbocycles. The molecule has 0 amide bonds. The van der Waals surface area contributed by atoms with Crippen LogP contribution in [0.2, 0.25) is 0 Å². The van der Waals surface area contributed by atoms with Gasteiger partial charge in [0.15, 0.2) is 0 Å². The molecule has 0 aliphatic carbocycles. The van der Waals surface area contributed by atoms with Crippen molar-refractivity contribution in [3.05, 3.63) is 42.5 Å². The average Bonchev–Trinajstić information content (AvgIpc) is 2.62. The molecule has 1 unspecified atom stereocenters. The lowest BCUT2D eigenvalue weighted by molar-refractivity contribution is 0.247. The van der Waals surface area contributed by atoms with Crippen molar-refractivity contribution in [2.75, 3.05) is 6.61 Å². The van der Waals surface area contributed by atoms with Gasteiger partial charge in [0, 0.05) is 36.4 Å². The topological polar surface area (TPSA) is 35.0 Å². The van der Waals surface area contributed by atoms with Crippen molar-refractivity contribution in [1.29, 1.82) is 0 Å². The number of hydrogen-bond donors (Lipinski definition) is 0. The molecule has 2 rings (SSSR count). The van der Waals surface area contributed by atoms with Crippen molar-refractivity contribution in [1.82, 2.24) is 9.97 Å². The van der Waals surface area contributed by atoms with Gasteiger partial charge >= 0.3 is 0 Å². The number of benzene rings is 1. The summed E-state index contributed by atoms with van der Waals surface area (Å²) in [6.07, 6.45) is 10.4. The molecule has 3 nitrogen and oxygen atoms in total. The Labute approximate surface area is 150 Å². The van der Waals surface area contributed by atoms with Crippen LogP contribution in [0, 0.1) is 0 Å². The molecule has 0 saturated heterocycles. The van der Waals surface area contributed by atoms with Crippen LogP contribution in [0.15, 0.2) is 36.7 Å². The number of aromatic nitrogens is 2. The first-order chi connectivity index (χ1) is 12.2. The van der Waals surface area contributed by atoms with Gasteiger partial charge in [0.05, 0.1) is 6.61 Å². The van der Waals surface area contributed by atoms with E-state index in [-0.39, 0.29) is 0 Å². The van der Waals surface area contributed by atoms with Crippen LogP contribution in [-0.2, 0) is 6.42 Å². The van der Waals surface area contributed by atoms with E-state index in [1.165, 1.54) is 25.7 Å². The van der Waals surface area contributed by atoms with Gasteiger partial charge in [-0.1, -0.05) is 50.8 Å². The number of nitrogens with zero attached hydrogens (tertiary/aromatic N) is 2. The molecule has 25 heavy (non-hydrogen) atoms. The Bertz CT molecular complexity index is 614. The molecule has 1 heterocycles. The normalized spacial score (nSPS) is 12.1. The zero-order valence-electron chi connectivity index (χ0n) is 15.4. The van der Waals surface area contributed by atoms with Crippen LogP contribution < -0.4 is 4.74 Å². The van der Waals surface area contributed by atoms with Crippen molar-refractivity contribution < 1.29 is 9.13 Å². The fourth-order valence-corrected chi connectivity index (χ4v) is 2.67. The smallest absolute Gasteiger partial charge is 0.128 e. The van der Waals surface area contributed by atoms with E-state index < -0.39 is 6.17 Å². The Kier molecular flexibility index (Phi) is 8.36. The van der Waals surface area contributed by atoms with E-state index >= 15 is 0 Å². The number of halogens is 1. The number of alkyl halides is 1. The van der Waals surface area contributed by atoms with E-state index in [1.54, 1.807) is 6.92 Å². The van der Waals surface area contributed by atoms with Crippen LogP contribution in [-0.4, -0.2) is 22.7 Å². The summed E-state index contributed by atoms with van der Waals surface area (Å²) in [4.78, 5) is 8.99. The van der Waals surface area contributed by atoms with Gasteiger partial charge < -0.3 is 4.74 Å². The van der Waals surface area contributed by atoms with E-state index in [2.05, 4.69) is 16.9 Å². The van der Waals surface area contributed by atoms with E-state index in [1.807, 2.05) is 36.7 Å². The highest BCUT2D eigenvalue weighted by molar-refractivity contribution is 5.68. The second-order valence-corrected chi connectivity index (χ2v) is 6.47. The van der Waals surface area contributed by atoms with Crippen LogP contribution in [0.4, 0.5) is 4.39 Å². The van der Waals surface area contributed by atoms with Crippen LogP contribution in [0.25, 0.3) is 11.1 Å². The van der Waals surface area contributed by atoms with Crippen molar-refractivity contribution in [2.45, 2.75) is 65.0 Å². The quantitative estimate of drug-likeness (QED) is 0.484. The fourth-order valence-electron chi connectivity index (χ4n) is 2.67. The summed E-state index contributed by atoms with van der Waals surface area (Å²) in [7, 11) is 0. The molecule has 0 N–H and O–H groups in total. The third-order valence-corrected chi connectivity index (χ3v) is 4.18. The maximum atomic E-state index is 12.9. The van der Waals surface area contributed by atoms with Crippen molar-refractivity contribution in [3.8, 4) is 16.9 Å². The summed E-state index contributed by atoms with van der Waals surface area (Å²) in [6, 6.07) is 7.77. The Morgan fingerprint density at radius 1 is 1.04 bits per heavy atom. The maximum absolute atomic E-state index is 12.9. The minimum Gasteiger partial charge on any atom is -0.493 e. The standard InChI is InChI=1S/C21H29FN2O/c1-3-4-5-6-7-12-21-23-15-18(16-24-21)19-10-8-9-11-20(19)25-14-13-17(2)22/h8-11,15-17H,3-7,12-14H2,1-2H3. The highest BCUT2D eigenvalue weighted by Crippen LogP contribution is 2.29. The highest BCUT2D eigenvalue weighted by atomic mass is 19.1. The predicted molar refractivity (Wildman–Crippen MR) is 101 cm³/mol. The molecule has 4 heteroatoms. The number of rotatable bonds is 11. The number of para-hydroxylation sites is 1. The number of unbranched alkanes of at least 4 members (excludes halogenated alkanes) is 4. The summed E-state index contributed by atoms with van der Waals surface area (Å²) in [5.41, 5.74) is 1.88. The van der Waals surface area contributed by atoms with Gasteiger partial charge in [-0.05, 0) is 19.4 Å². The number of aryl methyl sites for hydroxylation is 1. The van der Waals surface area contributed by atoms with Gasteiger partial charge in [-0.25, -0.2) is 14.4 Å². The molecule has 0 radical (unpaired) electrons.